The van der Waals surface area contributed by atoms with E-state index in [1.165, 1.54) is 11.3 Å². The standard InChI is InChI=1S/C20H15ClN2O2S/c1-25-16-5-3-2-4-13(16)10-17-22-19(24)18-15(11-26-20(18)23-17)12-6-8-14(21)9-7-12/h2-9,11H,10H2,1H3,(H,22,23,24). The Kier molecular flexibility index (Phi) is 4.49. The summed E-state index contributed by atoms with van der Waals surface area (Å²) in [5.74, 6) is 1.40. The van der Waals surface area contributed by atoms with E-state index in [4.69, 9.17) is 16.3 Å². The first kappa shape index (κ1) is 16.8. The summed E-state index contributed by atoms with van der Waals surface area (Å²) in [7, 11) is 1.63. The fourth-order valence-electron chi connectivity index (χ4n) is 2.95. The average molecular weight is 383 g/mol. The molecule has 0 aliphatic heterocycles. The van der Waals surface area contributed by atoms with Gasteiger partial charge in [-0.25, -0.2) is 4.98 Å². The van der Waals surface area contributed by atoms with E-state index in [2.05, 4.69) is 9.97 Å². The second-order valence-electron chi connectivity index (χ2n) is 5.84. The number of hydrogen-bond acceptors (Lipinski definition) is 4. The number of nitrogens with zero attached hydrogens (tertiary/aromatic N) is 1. The van der Waals surface area contributed by atoms with Crippen molar-refractivity contribution < 1.29 is 4.74 Å². The van der Waals surface area contributed by atoms with Crippen molar-refractivity contribution in [1.29, 1.82) is 0 Å². The highest BCUT2D eigenvalue weighted by Gasteiger charge is 2.14. The molecule has 4 aromatic rings. The first-order valence-electron chi connectivity index (χ1n) is 8.04. The van der Waals surface area contributed by atoms with Crippen molar-refractivity contribution >= 4 is 33.2 Å². The van der Waals surface area contributed by atoms with E-state index in [1.807, 2.05) is 53.9 Å². The van der Waals surface area contributed by atoms with Gasteiger partial charge in [0.1, 0.15) is 16.4 Å². The lowest BCUT2D eigenvalue weighted by atomic mass is 10.1. The summed E-state index contributed by atoms with van der Waals surface area (Å²) in [6, 6.07) is 15.2. The summed E-state index contributed by atoms with van der Waals surface area (Å²) >= 11 is 7.42. The van der Waals surface area contributed by atoms with Crippen LogP contribution in [0.5, 0.6) is 5.75 Å². The van der Waals surface area contributed by atoms with E-state index in [0.717, 1.165) is 27.3 Å². The summed E-state index contributed by atoms with van der Waals surface area (Å²) in [6.45, 7) is 0. The average Bonchev–Trinajstić information content (AvgIpc) is 3.07. The molecular weight excluding hydrogens is 368 g/mol. The second kappa shape index (κ2) is 6.94. The zero-order valence-corrected chi connectivity index (χ0v) is 15.5. The number of aromatic amines is 1. The maximum Gasteiger partial charge on any atom is 0.260 e. The van der Waals surface area contributed by atoms with Crippen LogP contribution in [-0.2, 0) is 6.42 Å². The zero-order chi connectivity index (χ0) is 18.1. The number of ether oxygens (including phenoxy) is 1. The molecule has 26 heavy (non-hydrogen) atoms. The largest absolute Gasteiger partial charge is 0.496 e. The van der Waals surface area contributed by atoms with Gasteiger partial charge in [-0.3, -0.25) is 4.79 Å². The number of para-hydroxylation sites is 1. The first-order chi connectivity index (χ1) is 12.7. The van der Waals surface area contributed by atoms with E-state index in [9.17, 15) is 4.79 Å². The molecule has 0 atom stereocenters. The number of H-pyrrole nitrogens is 1. The van der Waals surface area contributed by atoms with Crippen LogP contribution in [0.4, 0.5) is 0 Å². The molecule has 130 valence electrons. The smallest absolute Gasteiger partial charge is 0.260 e. The molecule has 0 aliphatic carbocycles. The monoisotopic (exact) mass is 382 g/mol. The molecule has 0 saturated carbocycles. The molecule has 2 aromatic heterocycles. The number of benzene rings is 2. The molecule has 0 spiro atoms. The highest BCUT2D eigenvalue weighted by atomic mass is 35.5. The Balaban J connectivity index is 1.77. The van der Waals surface area contributed by atoms with Crippen LogP contribution in [0.15, 0.2) is 58.7 Å². The Morgan fingerprint density at radius 2 is 1.92 bits per heavy atom. The Labute approximate surface area is 159 Å². The Morgan fingerprint density at radius 3 is 2.69 bits per heavy atom. The molecule has 4 rings (SSSR count). The molecule has 0 amide bonds. The van der Waals surface area contributed by atoms with Gasteiger partial charge in [-0.2, -0.15) is 0 Å². The maximum atomic E-state index is 12.7. The highest BCUT2D eigenvalue weighted by Crippen LogP contribution is 2.31. The first-order valence-corrected chi connectivity index (χ1v) is 9.29. The number of rotatable bonds is 4. The number of halogens is 1. The van der Waals surface area contributed by atoms with Crippen molar-refractivity contribution in [2.45, 2.75) is 6.42 Å². The van der Waals surface area contributed by atoms with Crippen molar-refractivity contribution in [3.8, 4) is 16.9 Å². The van der Waals surface area contributed by atoms with Gasteiger partial charge in [0, 0.05) is 28.0 Å². The molecule has 6 heteroatoms. The van der Waals surface area contributed by atoms with Crippen LogP contribution in [-0.4, -0.2) is 17.1 Å². The molecule has 2 aromatic carbocycles. The molecule has 0 radical (unpaired) electrons. The van der Waals surface area contributed by atoms with Crippen molar-refractivity contribution in [3.63, 3.8) is 0 Å². The molecule has 0 aliphatic rings. The summed E-state index contributed by atoms with van der Waals surface area (Å²) in [6.07, 6.45) is 0.503. The van der Waals surface area contributed by atoms with Crippen LogP contribution in [0.3, 0.4) is 0 Å². The summed E-state index contributed by atoms with van der Waals surface area (Å²) in [4.78, 5) is 21.0. The van der Waals surface area contributed by atoms with E-state index >= 15 is 0 Å². The lowest BCUT2D eigenvalue weighted by molar-refractivity contribution is 0.410. The van der Waals surface area contributed by atoms with Crippen molar-refractivity contribution in [1.82, 2.24) is 9.97 Å². The van der Waals surface area contributed by atoms with E-state index < -0.39 is 0 Å². The summed E-state index contributed by atoms with van der Waals surface area (Å²) < 4.78 is 5.38. The van der Waals surface area contributed by atoms with Crippen molar-refractivity contribution in [2.24, 2.45) is 0 Å². The lowest BCUT2D eigenvalue weighted by Crippen LogP contribution is -2.12. The van der Waals surface area contributed by atoms with Gasteiger partial charge in [-0.1, -0.05) is 41.9 Å². The third-order valence-electron chi connectivity index (χ3n) is 4.20. The number of aromatic nitrogens is 2. The number of nitrogens with one attached hydrogen (secondary N) is 1. The third-order valence-corrected chi connectivity index (χ3v) is 5.32. The molecule has 4 nitrogen and oxygen atoms in total. The number of thiophene rings is 1. The van der Waals surface area contributed by atoms with Gasteiger partial charge in [-0.15, -0.1) is 11.3 Å². The van der Waals surface area contributed by atoms with Crippen LogP contribution in [0.25, 0.3) is 21.3 Å². The maximum absolute atomic E-state index is 12.7. The summed E-state index contributed by atoms with van der Waals surface area (Å²) in [5.41, 5.74) is 2.67. The molecule has 1 N–H and O–H groups in total. The van der Waals surface area contributed by atoms with Gasteiger partial charge in [0.2, 0.25) is 0 Å². The fraction of sp³-hybridized carbons (Fsp3) is 0.100. The van der Waals surface area contributed by atoms with E-state index in [1.54, 1.807) is 7.11 Å². The van der Waals surface area contributed by atoms with Gasteiger partial charge in [-0.05, 0) is 23.8 Å². The number of fused-ring (bicyclic) bond motifs is 1. The van der Waals surface area contributed by atoms with Crippen LogP contribution in [0.2, 0.25) is 5.02 Å². The normalized spacial score (nSPS) is 11.0. The highest BCUT2D eigenvalue weighted by molar-refractivity contribution is 7.17. The molecule has 0 bridgehead atoms. The molecule has 0 unspecified atom stereocenters. The molecule has 0 fully saturated rings. The van der Waals surface area contributed by atoms with E-state index in [-0.39, 0.29) is 5.56 Å². The topological polar surface area (TPSA) is 55.0 Å². The second-order valence-corrected chi connectivity index (χ2v) is 7.13. The molecular formula is C20H15ClN2O2S. The van der Waals surface area contributed by atoms with Gasteiger partial charge >= 0.3 is 0 Å². The minimum absolute atomic E-state index is 0.133. The minimum Gasteiger partial charge on any atom is -0.496 e. The minimum atomic E-state index is -0.133. The van der Waals surface area contributed by atoms with Crippen molar-refractivity contribution in [3.05, 3.63) is 80.7 Å². The van der Waals surface area contributed by atoms with Gasteiger partial charge in [0.15, 0.2) is 0 Å². The fourth-order valence-corrected chi connectivity index (χ4v) is 4.04. The molecule has 0 saturated heterocycles. The summed E-state index contributed by atoms with van der Waals surface area (Å²) in [5, 5.41) is 3.24. The molecule has 2 heterocycles. The van der Waals surface area contributed by atoms with Crippen LogP contribution < -0.4 is 10.3 Å². The number of methoxy groups -OCH3 is 1. The SMILES string of the molecule is COc1ccccc1Cc1nc2scc(-c3ccc(Cl)cc3)c2c(=O)[nH]1. The Bertz CT molecular complexity index is 1130. The van der Waals surface area contributed by atoms with E-state index in [0.29, 0.717) is 22.7 Å². The van der Waals surface area contributed by atoms with Crippen LogP contribution in [0.1, 0.15) is 11.4 Å². The quantitative estimate of drug-likeness (QED) is 0.546. The van der Waals surface area contributed by atoms with Crippen LogP contribution in [0, 0.1) is 0 Å². The van der Waals surface area contributed by atoms with Gasteiger partial charge < -0.3 is 9.72 Å². The zero-order valence-electron chi connectivity index (χ0n) is 14.0. The lowest BCUT2D eigenvalue weighted by Gasteiger charge is -2.07. The predicted molar refractivity (Wildman–Crippen MR) is 106 cm³/mol. The Hall–Kier alpha value is -2.63. The Morgan fingerprint density at radius 1 is 1.15 bits per heavy atom. The van der Waals surface area contributed by atoms with Gasteiger partial charge in [0.25, 0.3) is 5.56 Å². The van der Waals surface area contributed by atoms with Crippen LogP contribution >= 0.6 is 22.9 Å². The number of hydrogen-bond donors (Lipinski definition) is 1. The predicted octanol–water partition coefficient (Wildman–Crippen LogP) is 4.90. The third kappa shape index (κ3) is 3.11. The van der Waals surface area contributed by atoms with Gasteiger partial charge in [0.05, 0.1) is 12.5 Å². The van der Waals surface area contributed by atoms with Crippen molar-refractivity contribution in [2.75, 3.05) is 7.11 Å².